The molecule has 3 saturated heterocycles. The molecule has 3 amide bonds. The third-order valence-electron chi connectivity index (χ3n) is 8.58. The van der Waals surface area contributed by atoms with E-state index < -0.39 is 35.6 Å². The maximum atomic E-state index is 14.5. The van der Waals surface area contributed by atoms with Crippen molar-refractivity contribution in [2.75, 3.05) is 26.7 Å². The average molecular weight is 524 g/mol. The first-order valence-electron chi connectivity index (χ1n) is 13.7. The van der Waals surface area contributed by atoms with E-state index in [2.05, 4.69) is 20.1 Å². The van der Waals surface area contributed by atoms with Crippen LogP contribution < -0.4 is 0 Å². The van der Waals surface area contributed by atoms with Gasteiger partial charge in [0.2, 0.25) is 17.7 Å². The lowest BCUT2D eigenvalue weighted by atomic mass is 9.70. The molecule has 0 aliphatic carbocycles. The zero-order valence-electron chi connectivity index (χ0n) is 22.8. The fourth-order valence-electron chi connectivity index (χ4n) is 6.91. The van der Waals surface area contributed by atoms with Gasteiger partial charge in [0.05, 0.1) is 30.6 Å². The van der Waals surface area contributed by atoms with Crippen molar-refractivity contribution in [3.8, 4) is 0 Å². The number of rotatable bonds is 12. The van der Waals surface area contributed by atoms with E-state index in [1.807, 2.05) is 37.3 Å². The van der Waals surface area contributed by atoms with Crippen LogP contribution in [0.1, 0.15) is 51.1 Å². The number of hydrogen-bond donors (Lipinski definition) is 1. The van der Waals surface area contributed by atoms with E-state index in [-0.39, 0.29) is 30.4 Å². The fraction of sp³-hybridized carbons (Fsp3) is 0.567. The van der Waals surface area contributed by atoms with Gasteiger partial charge in [0.1, 0.15) is 11.6 Å². The summed E-state index contributed by atoms with van der Waals surface area (Å²) in [6.45, 7) is 12.0. The Labute approximate surface area is 225 Å². The maximum Gasteiger partial charge on any atom is 0.248 e. The molecule has 8 heteroatoms. The first-order chi connectivity index (χ1) is 18.3. The van der Waals surface area contributed by atoms with Crippen LogP contribution in [0, 0.1) is 11.8 Å². The minimum Gasteiger partial charge on any atom is -0.394 e. The summed E-state index contributed by atoms with van der Waals surface area (Å²) in [4.78, 5) is 47.4. The molecule has 3 aliphatic rings. The predicted molar refractivity (Wildman–Crippen MR) is 145 cm³/mol. The Morgan fingerprint density at radius 2 is 1.89 bits per heavy atom. The first-order valence-corrected chi connectivity index (χ1v) is 13.7. The number of fused-ring (bicyclic) bond motifs is 1. The molecule has 0 radical (unpaired) electrons. The number of benzene rings is 1. The highest BCUT2D eigenvalue weighted by Gasteiger charge is 2.75. The number of carbonyl (C=O) groups excluding carboxylic acids is 3. The van der Waals surface area contributed by atoms with Gasteiger partial charge in [0.15, 0.2) is 0 Å². The van der Waals surface area contributed by atoms with E-state index in [0.717, 1.165) is 18.4 Å². The number of likely N-dealkylation sites (N-methyl/N-ethyl adjacent to an activating group) is 1. The summed E-state index contributed by atoms with van der Waals surface area (Å²) in [6, 6.07) is 7.49. The van der Waals surface area contributed by atoms with Gasteiger partial charge in [-0.05, 0) is 31.7 Å². The molecule has 1 spiro atoms. The van der Waals surface area contributed by atoms with Gasteiger partial charge < -0.3 is 24.5 Å². The van der Waals surface area contributed by atoms with Crippen LogP contribution in [0.4, 0.5) is 0 Å². The maximum absolute atomic E-state index is 14.5. The second-order valence-electron chi connectivity index (χ2n) is 10.8. The number of ether oxygens (including phenoxy) is 1. The lowest BCUT2D eigenvalue weighted by Crippen LogP contribution is -2.58. The highest BCUT2D eigenvalue weighted by molar-refractivity contribution is 5.99. The van der Waals surface area contributed by atoms with E-state index >= 15 is 0 Å². The van der Waals surface area contributed by atoms with Gasteiger partial charge in [0.25, 0.3) is 0 Å². The normalized spacial score (nSPS) is 29.1. The third kappa shape index (κ3) is 4.47. The predicted octanol–water partition coefficient (Wildman–Crippen LogP) is 2.94. The molecule has 3 heterocycles. The summed E-state index contributed by atoms with van der Waals surface area (Å²) in [7, 11) is 1.70. The average Bonchev–Trinajstić information content (AvgIpc) is 3.55. The molecular weight excluding hydrogens is 482 g/mol. The minimum atomic E-state index is -1.12. The van der Waals surface area contributed by atoms with Crippen LogP contribution in [0.5, 0.6) is 0 Å². The number of hydrogen-bond acceptors (Lipinski definition) is 5. The fourth-order valence-corrected chi connectivity index (χ4v) is 6.91. The second kappa shape index (κ2) is 11.4. The molecule has 2 bridgehead atoms. The summed E-state index contributed by atoms with van der Waals surface area (Å²) in [5.41, 5.74) is -0.391. The number of aliphatic hydroxyl groups excluding tert-OH is 1. The van der Waals surface area contributed by atoms with Crippen LogP contribution in [0.25, 0.3) is 0 Å². The second-order valence-corrected chi connectivity index (χ2v) is 10.8. The molecule has 0 aromatic heterocycles. The molecular formula is C30H41N3O5. The van der Waals surface area contributed by atoms with Crippen molar-refractivity contribution in [2.45, 2.75) is 69.4 Å². The first kappa shape index (κ1) is 28.0. The summed E-state index contributed by atoms with van der Waals surface area (Å²) in [6.07, 6.45) is 5.73. The van der Waals surface area contributed by atoms with Crippen LogP contribution >= 0.6 is 0 Å². The van der Waals surface area contributed by atoms with Gasteiger partial charge in [-0.2, -0.15) is 0 Å². The SMILES string of the molecule is C=CCN(C)C(=O)[C@@H]1[C@H]2C(=O)N([C@H](CO)c3ccccc3)C(C(=O)N(CC=C)C(C)CCC)C23CC[C@H]1O3. The molecule has 1 aromatic rings. The Hall–Kier alpha value is -2.97. The molecule has 206 valence electrons. The molecule has 3 aliphatic heterocycles. The van der Waals surface area contributed by atoms with Gasteiger partial charge in [-0.25, -0.2) is 0 Å². The minimum absolute atomic E-state index is 0.0723. The van der Waals surface area contributed by atoms with Crippen LogP contribution in [-0.4, -0.2) is 88.1 Å². The van der Waals surface area contributed by atoms with E-state index in [1.54, 1.807) is 29.0 Å². The van der Waals surface area contributed by atoms with Crippen molar-refractivity contribution in [1.82, 2.24) is 14.7 Å². The molecule has 1 N–H and O–H groups in total. The van der Waals surface area contributed by atoms with Crippen molar-refractivity contribution < 1.29 is 24.2 Å². The van der Waals surface area contributed by atoms with Crippen molar-refractivity contribution in [3.05, 3.63) is 61.2 Å². The summed E-state index contributed by atoms with van der Waals surface area (Å²) >= 11 is 0. The summed E-state index contributed by atoms with van der Waals surface area (Å²) < 4.78 is 6.59. The Morgan fingerprint density at radius 1 is 1.21 bits per heavy atom. The lowest BCUT2D eigenvalue weighted by molar-refractivity contribution is -0.153. The molecule has 38 heavy (non-hydrogen) atoms. The summed E-state index contributed by atoms with van der Waals surface area (Å²) in [5, 5.41) is 10.6. The number of aliphatic hydroxyl groups is 1. The molecule has 3 unspecified atom stereocenters. The van der Waals surface area contributed by atoms with Crippen molar-refractivity contribution in [2.24, 2.45) is 11.8 Å². The topological polar surface area (TPSA) is 90.4 Å². The van der Waals surface area contributed by atoms with E-state index in [1.165, 1.54) is 4.90 Å². The quantitative estimate of drug-likeness (QED) is 0.426. The van der Waals surface area contributed by atoms with Crippen LogP contribution in [0.3, 0.4) is 0 Å². The van der Waals surface area contributed by atoms with E-state index in [9.17, 15) is 19.5 Å². The van der Waals surface area contributed by atoms with Crippen molar-refractivity contribution in [1.29, 1.82) is 0 Å². The van der Waals surface area contributed by atoms with Crippen LogP contribution in [0.15, 0.2) is 55.6 Å². The van der Waals surface area contributed by atoms with Gasteiger partial charge >= 0.3 is 0 Å². The molecule has 4 rings (SSSR count). The standard InChI is InChI=1S/C30H41N3O5/c1-6-12-20(4)32(18-8-3)29(37)26-30-16-15-23(38-30)24(27(35)31(5)17-7-2)25(30)28(36)33(26)22(19-34)21-13-10-9-11-14-21/h7-11,13-14,20,22-26,34H,2-3,6,12,15-19H2,1,4-5H3/t20?,22-,23-,24+,25+,26?,30?/m1/s1. The van der Waals surface area contributed by atoms with E-state index in [4.69, 9.17) is 4.74 Å². The highest BCUT2D eigenvalue weighted by Crippen LogP contribution is 2.60. The Kier molecular flexibility index (Phi) is 8.43. The van der Waals surface area contributed by atoms with Crippen molar-refractivity contribution in [3.63, 3.8) is 0 Å². The number of carbonyl (C=O) groups is 3. The Bertz CT molecular complexity index is 1060. The number of nitrogens with zero attached hydrogens (tertiary/aromatic N) is 3. The largest absolute Gasteiger partial charge is 0.394 e. The van der Waals surface area contributed by atoms with Crippen LogP contribution in [-0.2, 0) is 19.1 Å². The van der Waals surface area contributed by atoms with Gasteiger partial charge in [0, 0.05) is 26.2 Å². The monoisotopic (exact) mass is 523 g/mol. The van der Waals surface area contributed by atoms with E-state index in [0.29, 0.717) is 25.9 Å². The summed E-state index contributed by atoms with van der Waals surface area (Å²) in [5.74, 6) is -2.17. The Balaban J connectivity index is 1.83. The molecule has 7 atom stereocenters. The van der Waals surface area contributed by atoms with Gasteiger partial charge in [-0.15, -0.1) is 13.2 Å². The van der Waals surface area contributed by atoms with Crippen molar-refractivity contribution >= 4 is 17.7 Å². The Morgan fingerprint density at radius 3 is 2.50 bits per heavy atom. The van der Waals surface area contributed by atoms with Crippen LogP contribution in [0.2, 0.25) is 0 Å². The molecule has 0 saturated carbocycles. The zero-order valence-corrected chi connectivity index (χ0v) is 22.8. The smallest absolute Gasteiger partial charge is 0.248 e. The van der Waals surface area contributed by atoms with Gasteiger partial charge in [-0.3, -0.25) is 14.4 Å². The molecule has 8 nitrogen and oxygen atoms in total. The third-order valence-corrected chi connectivity index (χ3v) is 8.58. The zero-order chi connectivity index (χ0) is 27.6. The lowest BCUT2D eigenvalue weighted by Gasteiger charge is -2.41. The number of amides is 3. The molecule has 1 aromatic carbocycles. The van der Waals surface area contributed by atoms with Gasteiger partial charge in [-0.1, -0.05) is 55.8 Å². The highest BCUT2D eigenvalue weighted by atomic mass is 16.5. The number of likely N-dealkylation sites (tertiary alicyclic amines) is 1. The molecule has 3 fully saturated rings.